The van der Waals surface area contributed by atoms with Crippen LogP contribution in [-0.4, -0.2) is 122 Å². The molecule has 2 saturated carbocycles. The zero-order chi connectivity index (χ0) is 47.9. The number of nitrogens with one attached hydrogen (secondary N) is 6. The van der Waals surface area contributed by atoms with Gasteiger partial charge in [0, 0.05) is 48.2 Å². The van der Waals surface area contributed by atoms with Crippen molar-refractivity contribution in [1.82, 2.24) is 41.7 Å². The third-order valence-corrected chi connectivity index (χ3v) is 15.8. The van der Waals surface area contributed by atoms with Gasteiger partial charge in [0.1, 0.15) is 35.7 Å². The van der Waals surface area contributed by atoms with Crippen LogP contribution in [0.5, 0.6) is 11.5 Å². The number of fused-ring (bicyclic) bond motifs is 2. The van der Waals surface area contributed by atoms with Crippen molar-refractivity contribution >= 4 is 35.4 Å². The number of carbonyl (C=O) groups is 6. The van der Waals surface area contributed by atoms with Crippen molar-refractivity contribution in [2.45, 2.75) is 165 Å². The predicted molar refractivity (Wildman–Crippen MR) is 257 cm³/mol. The quantitative estimate of drug-likeness (QED) is 0.147. The van der Waals surface area contributed by atoms with Crippen molar-refractivity contribution in [3.63, 3.8) is 0 Å². The number of ether oxygens (including phenoxy) is 2. The molecular formula is C52H74N8O8. The number of amides is 6. The van der Waals surface area contributed by atoms with Gasteiger partial charge in [0.15, 0.2) is 0 Å². The molecule has 6 aliphatic rings. The Kier molecular flexibility index (Phi) is 16.3. The summed E-state index contributed by atoms with van der Waals surface area (Å²) in [5, 5.41) is 18.7. The van der Waals surface area contributed by atoms with Gasteiger partial charge in [-0.05, 0) is 91.1 Å². The van der Waals surface area contributed by atoms with Gasteiger partial charge in [-0.25, -0.2) is 0 Å². The van der Waals surface area contributed by atoms with Gasteiger partial charge in [-0.15, -0.1) is 0 Å². The molecule has 16 nitrogen and oxygen atoms in total. The Labute approximate surface area is 401 Å². The van der Waals surface area contributed by atoms with E-state index in [2.05, 4.69) is 31.9 Å². The standard InChI is InChI=1S/C52H74N8O8/c1-31(53-3)47(61)57-43(33-15-7-5-8-16-33)51(65)59-27-13-23-41(59)49(63)55-39-25-29-67-45-35(19-11-21-37(39)45)36-20-12-22-38-40(26-30-68-46(36)38)56-50(64)42-24-14-28-60(42)52(66)44(34-17-9-6-10-18-34)58-48(62)32(2)54-4/h11-12,19-22,31-34,39-44,53-54H,5-10,13-18,23-30H2,1-4H3,(H,55,63)(H,56,64)(H,57,61)(H,58,62)/t31-,32-,39+,40+,41-,42-,43-,44?/m0/s1. The monoisotopic (exact) mass is 939 g/mol. The lowest BCUT2D eigenvalue weighted by atomic mass is 9.83. The summed E-state index contributed by atoms with van der Waals surface area (Å²) in [6.45, 7) is 5.21. The molecule has 2 saturated heterocycles. The van der Waals surface area contributed by atoms with Crippen LogP contribution in [0.3, 0.4) is 0 Å². The van der Waals surface area contributed by atoms with Gasteiger partial charge in [0.2, 0.25) is 35.4 Å². The fraction of sp³-hybridized carbons (Fsp3) is 0.654. The highest BCUT2D eigenvalue weighted by Gasteiger charge is 2.44. The first-order chi connectivity index (χ1) is 33.0. The molecule has 0 spiro atoms. The molecule has 4 aliphatic heterocycles. The molecule has 4 heterocycles. The van der Waals surface area contributed by atoms with Gasteiger partial charge in [-0.3, -0.25) is 28.8 Å². The minimum absolute atomic E-state index is 0.0277. The number of likely N-dealkylation sites (N-methyl/N-ethyl adjacent to an activating group) is 2. The average molecular weight is 939 g/mol. The molecule has 2 aliphatic carbocycles. The molecule has 68 heavy (non-hydrogen) atoms. The van der Waals surface area contributed by atoms with Crippen molar-refractivity contribution in [1.29, 1.82) is 0 Å². The van der Waals surface area contributed by atoms with Gasteiger partial charge < -0.3 is 51.2 Å². The van der Waals surface area contributed by atoms with Gasteiger partial charge in [0.05, 0.1) is 37.4 Å². The summed E-state index contributed by atoms with van der Waals surface area (Å²) >= 11 is 0. The molecule has 1 unspecified atom stereocenters. The lowest BCUT2D eigenvalue weighted by molar-refractivity contribution is -0.143. The summed E-state index contributed by atoms with van der Waals surface area (Å²) in [7, 11) is 3.45. The number of hydrogen-bond donors (Lipinski definition) is 6. The second-order valence-corrected chi connectivity index (χ2v) is 20.0. The molecule has 8 rings (SSSR count). The highest BCUT2D eigenvalue weighted by Crippen LogP contribution is 2.47. The number of para-hydroxylation sites is 2. The summed E-state index contributed by atoms with van der Waals surface area (Å²) in [5.74, 6) is 0.128. The van der Waals surface area contributed by atoms with Gasteiger partial charge in [0.25, 0.3) is 0 Å². The van der Waals surface area contributed by atoms with E-state index in [-0.39, 0.29) is 59.4 Å². The van der Waals surface area contributed by atoms with Crippen molar-refractivity contribution in [3.8, 4) is 22.6 Å². The van der Waals surface area contributed by atoms with Crippen molar-refractivity contribution in [3.05, 3.63) is 47.5 Å². The average Bonchev–Trinajstić information content (AvgIpc) is 4.08. The van der Waals surface area contributed by atoms with Crippen LogP contribution in [0.4, 0.5) is 0 Å². The highest BCUT2D eigenvalue weighted by atomic mass is 16.5. The lowest BCUT2D eigenvalue weighted by Gasteiger charge is -2.36. The maximum atomic E-state index is 14.4. The predicted octanol–water partition coefficient (Wildman–Crippen LogP) is 4.56. The van der Waals surface area contributed by atoms with Crippen LogP contribution < -0.4 is 41.4 Å². The van der Waals surface area contributed by atoms with E-state index >= 15 is 0 Å². The first-order valence-corrected chi connectivity index (χ1v) is 25.7. The Morgan fingerprint density at radius 3 is 1.31 bits per heavy atom. The van der Waals surface area contributed by atoms with Gasteiger partial charge in [-0.1, -0.05) is 74.9 Å². The minimum Gasteiger partial charge on any atom is -0.492 e. The minimum atomic E-state index is -0.677. The molecule has 6 amide bonds. The molecule has 370 valence electrons. The Morgan fingerprint density at radius 1 is 0.529 bits per heavy atom. The number of nitrogens with zero attached hydrogens (tertiary/aromatic N) is 2. The third-order valence-electron chi connectivity index (χ3n) is 15.8. The molecule has 2 aromatic rings. The Morgan fingerprint density at radius 2 is 0.926 bits per heavy atom. The summed E-state index contributed by atoms with van der Waals surface area (Å²) in [5.41, 5.74) is 3.28. The van der Waals surface area contributed by atoms with Crippen molar-refractivity contribution in [2.24, 2.45) is 11.8 Å². The van der Waals surface area contributed by atoms with Crippen LogP contribution >= 0.6 is 0 Å². The van der Waals surface area contributed by atoms with E-state index < -0.39 is 36.3 Å². The summed E-state index contributed by atoms with van der Waals surface area (Å²) < 4.78 is 12.8. The fourth-order valence-corrected chi connectivity index (χ4v) is 11.6. The number of carbonyl (C=O) groups excluding carboxylic acids is 6. The summed E-state index contributed by atoms with van der Waals surface area (Å²) in [6, 6.07) is 7.52. The van der Waals surface area contributed by atoms with Crippen LogP contribution in [0.2, 0.25) is 0 Å². The van der Waals surface area contributed by atoms with E-state index in [4.69, 9.17) is 9.47 Å². The second kappa shape index (κ2) is 22.5. The molecule has 4 fully saturated rings. The number of rotatable bonds is 15. The summed E-state index contributed by atoms with van der Waals surface area (Å²) in [4.78, 5) is 86.9. The Balaban J connectivity index is 0.970. The lowest BCUT2D eigenvalue weighted by Crippen LogP contribution is -2.58. The fourth-order valence-electron chi connectivity index (χ4n) is 11.6. The second-order valence-electron chi connectivity index (χ2n) is 20.0. The van der Waals surface area contributed by atoms with E-state index in [1.807, 2.05) is 36.4 Å². The van der Waals surface area contributed by atoms with Crippen molar-refractivity contribution < 1.29 is 38.2 Å². The molecular weight excluding hydrogens is 865 g/mol. The maximum Gasteiger partial charge on any atom is 0.246 e. The topological polar surface area (TPSA) is 200 Å². The highest BCUT2D eigenvalue weighted by molar-refractivity contribution is 5.95. The van der Waals surface area contributed by atoms with E-state index in [1.165, 1.54) is 0 Å². The Bertz CT molecular complexity index is 2010. The van der Waals surface area contributed by atoms with Crippen LogP contribution in [0.1, 0.15) is 140 Å². The molecule has 0 aromatic heterocycles. The van der Waals surface area contributed by atoms with E-state index in [1.54, 1.807) is 37.7 Å². The molecule has 6 N–H and O–H groups in total. The Hall–Kier alpha value is -5.22. The number of benzene rings is 2. The summed E-state index contributed by atoms with van der Waals surface area (Å²) in [6.07, 6.45) is 13.3. The molecule has 16 heteroatoms. The zero-order valence-corrected chi connectivity index (χ0v) is 40.5. The SMILES string of the molecule is CN[C@@H](C)C(=O)NC(C(=O)N1CCC[C@H]1C(=O)N[C@@H]1CCOc2c(-c3cccc4c3OCC[C@H]4NC(=O)[C@@H]3CCCN3C(=O)[C@@H](NC(=O)[C@H](C)NC)C3CCCCC3)cccc21)C1CCCCC1. The van der Waals surface area contributed by atoms with E-state index in [0.717, 1.165) is 86.5 Å². The van der Waals surface area contributed by atoms with Crippen LogP contribution in [-0.2, 0) is 28.8 Å². The van der Waals surface area contributed by atoms with Gasteiger partial charge in [-0.2, -0.15) is 0 Å². The molecule has 8 atom stereocenters. The van der Waals surface area contributed by atoms with E-state index in [9.17, 15) is 28.8 Å². The molecule has 0 radical (unpaired) electrons. The zero-order valence-electron chi connectivity index (χ0n) is 40.5. The molecule has 0 bridgehead atoms. The smallest absolute Gasteiger partial charge is 0.246 e. The van der Waals surface area contributed by atoms with Gasteiger partial charge >= 0.3 is 0 Å². The third kappa shape index (κ3) is 10.7. The first kappa shape index (κ1) is 49.2. The van der Waals surface area contributed by atoms with E-state index in [0.29, 0.717) is 76.3 Å². The van der Waals surface area contributed by atoms with Crippen molar-refractivity contribution in [2.75, 3.05) is 40.4 Å². The number of hydrogen-bond acceptors (Lipinski definition) is 10. The first-order valence-electron chi connectivity index (χ1n) is 25.7. The normalized spacial score (nSPS) is 24.8. The van der Waals surface area contributed by atoms with Crippen LogP contribution in [0, 0.1) is 11.8 Å². The largest absolute Gasteiger partial charge is 0.492 e. The van der Waals surface area contributed by atoms with Crippen LogP contribution in [0.25, 0.3) is 11.1 Å². The number of likely N-dealkylation sites (tertiary alicyclic amines) is 2. The molecule has 2 aromatic carbocycles. The maximum absolute atomic E-state index is 14.4. The van der Waals surface area contributed by atoms with Crippen LogP contribution in [0.15, 0.2) is 36.4 Å².